The molecule has 3 N–H and O–H groups in total. The number of aliphatic carboxylic acids is 1. The molecule has 1 aromatic carbocycles. The number of benzene rings is 1. The van der Waals surface area contributed by atoms with Gasteiger partial charge in [-0.25, -0.2) is 9.78 Å². The molecule has 3 rings (SSSR count). The second-order valence-corrected chi connectivity index (χ2v) is 6.33. The van der Waals surface area contributed by atoms with Gasteiger partial charge in [0, 0.05) is 25.9 Å². The third kappa shape index (κ3) is 3.58. The summed E-state index contributed by atoms with van der Waals surface area (Å²) in [7, 11) is 0. The van der Waals surface area contributed by atoms with Crippen molar-refractivity contribution in [3.63, 3.8) is 0 Å². The number of hydrogen-bond acceptors (Lipinski definition) is 6. The van der Waals surface area contributed by atoms with Crippen LogP contribution in [-0.4, -0.2) is 45.6 Å². The molecule has 0 saturated carbocycles. The van der Waals surface area contributed by atoms with Gasteiger partial charge in [0.2, 0.25) is 5.60 Å². The third-order valence-electron chi connectivity index (χ3n) is 4.46. The van der Waals surface area contributed by atoms with E-state index in [2.05, 4.69) is 9.97 Å². The zero-order valence-electron chi connectivity index (χ0n) is 14.4. The van der Waals surface area contributed by atoms with E-state index in [-0.39, 0.29) is 18.5 Å². The molecule has 0 radical (unpaired) electrons. The normalized spacial score (nSPS) is 16.1. The SMILES string of the molecule is Cc1cccc(OC2(C(=O)O)CCN(c3cncc(C(N)=O)n3)CC2)c1. The first-order valence-corrected chi connectivity index (χ1v) is 8.25. The number of ether oxygens (including phenoxy) is 1. The summed E-state index contributed by atoms with van der Waals surface area (Å²) in [5.41, 5.74) is 5.02. The van der Waals surface area contributed by atoms with Gasteiger partial charge in [-0.2, -0.15) is 0 Å². The largest absolute Gasteiger partial charge is 0.478 e. The molecule has 8 nitrogen and oxygen atoms in total. The average molecular weight is 356 g/mol. The molecule has 0 atom stereocenters. The molecule has 136 valence electrons. The molecule has 1 amide bonds. The standard InChI is InChI=1S/C18H20N4O4/c1-12-3-2-4-13(9-12)26-18(17(24)25)5-7-22(8-6-18)15-11-20-10-14(21-15)16(19)23/h2-4,9-11H,5-8H2,1H3,(H2,19,23)(H,24,25). The molecule has 0 aliphatic carbocycles. The molecule has 0 spiro atoms. The lowest BCUT2D eigenvalue weighted by molar-refractivity contribution is -0.157. The van der Waals surface area contributed by atoms with Crippen LogP contribution in [0.5, 0.6) is 5.75 Å². The minimum Gasteiger partial charge on any atom is -0.478 e. The second kappa shape index (κ2) is 6.99. The predicted octanol–water partition coefficient (Wildman–Crippen LogP) is 1.39. The zero-order valence-corrected chi connectivity index (χ0v) is 14.4. The number of carboxylic acid groups (broad SMARTS) is 1. The molecule has 1 saturated heterocycles. The van der Waals surface area contributed by atoms with Gasteiger partial charge in [-0.3, -0.25) is 9.78 Å². The minimum atomic E-state index is -1.29. The Kier molecular flexibility index (Phi) is 4.75. The van der Waals surface area contributed by atoms with Gasteiger partial charge in [0.05, 0.1) is 12.4 Å². The summed E-state index contributed by atoms with van der Waals surface area (Å²) in [6, 6.07) is 7.33. The van der Waals surface area contributed by atoms with Crippen LogP contribution in [0.1, 0.15) is 28.9 Å². The van der Waals surface area contributed by atoms with Crippen LogP contribution in [0.4, 0.5) is 5.82 Å². The van der Waals surface area contributed by atoms with E-state index in [1.165, 1.54) is 12.4 Å². The topological polar surface area (TPSA) is 119 Å². The Balaban J connectivity index is 1.76. The fourth-order valence-electron chi connectivity index (χ4n) is 2.99. The predicted molar refractivity (Wildman–Crippen MR) is 94.2 cm³/mol. The number of primary amides is 1. The van der Waals surface area contributed by atoms with Crippen LogP contribution in [0.2, 0.25) is 0 Å². The Morgan fingerprint density at radius 2 is 2.00 bits per heavy atom. The van der Waals surface area contributed by atoms with Crippen molar-refractivity contribution < 1.29 is 19.4 Å². The van der Waals surface area contributed by atoms with E-state index < -0.39 is 17.5 Å². The Morgan fingerprint density at radius 3 is 2.62 bits per heavy atom. The summed E-state index contributed by atoms with van der Waals surface area (Å²) in [6.07, 6.45) is 3.39. The molecule has 0 bridgehead atoms. The van der Waals surface area contributed by atoms with Crippen molar-refractivity contribution in [2.24, 2.45) is 5.73 Å². The summed E-state index contributed by atoms with van der Waals surface area (Å²) in [4.78, 5) is 33.2. The van der Waals surface area contributed by atoms with Gasteiger partial charge in [-0.15, -0.1) is 0 Å². The Labute approximate surface area is 150 Å². The molecule has 1 aromatic heterocycles. The fraction of sp³-hybridized carbons (Fsp3) is 0.333. The Bertz CT molecular complexity index is 831. The highest BCUT2D eigenvalue weighted by Gasteiger charge is 2.44. The van der Waals surface area contributed by atoms with Gasteiger partial charge in [-0.05, 0) is 24.6 Å². The Hall–Kier alpha value is -3.16. The van der Waals surface area contributed by atoms with E-state index in [1.54, 1.807) is 6.07 Å². The number of carboxylic acids is 1. The molecular formula is C18H20N4O4. The third-order valence-corrected chi connectivity index (χ3v) is 4.46. The number of aryl methyl sites for hydroxylation is 1. The maximum atomic E-state index is 11.9. The molecule has 2 aromatic rings. The van der Waals surface area contributed by atoms with Crippen molar-refractivity contribution in [2.75, 3.05) is 18.0 Å². The van der Waals surface area contributed by atoms with E-state index in [9.17, 15) is 14.7 Å². The first kappa shape index (κ1) is 17.7. The second-order valence-electron chi connectivity index (χ2n) is 6.33. The maximum Gasteiger partial charge on any atom is 0.348 e. The minimum absolute atomic E-state index is 0.0774. The monoisotopic (exact) mass is 356 g/mol. The zero-order chi connectivity index (χ0) is 18.7. The summed E-state index contributed by atoms with van der Waals surface area (Å²) >= 11 is 0. The number of rotatable bonds is 5. The van der Waals surface area contributed by atoms with E-state index >= 15 is 0 Å². The summed E-state index contributed by atoms with van der Waals surface area (Å²) in [6.45, 7) is 2.75. The van der Waals surface area contributed by atoms with Crippen molar-refractivity contribution in [3.05, 3.63) is 47.9 Å². The molecular weight excluding hydrogens is 336 g/mol. The van der Waals surface area contributed by atoms with Crippen molar-refractivity contribution >= 4 is 17.7 Å². The molecule has 1 aliphatic heterocycles. The van der Waals surface area contributed by atoms with Gasteiger partial charge >= 0.3 is 5.97 Å². The van der Waals surface area contributed by atoms with Gasteiger partial charge in [-0.1, -0.05) is 12.1 Å². The number of aromatic nitrogens is 2. The lowest BCUT2D eigenvalue weighted by Crippen LogP contribution is -2.53. The van der Waals surface area contributed by atoms with Gasteiger partial charge in [0.1, 0.15) is 17.3 Å². The number of nitrogens with two attached hydrogens (primary N) is 1. The van der Waals surface area contributed by atoms with Crippen molar-refractivity contribution in [1.29, 1.82) is 0 Å². The Morgan fingerprint density at radius 1 is 1.27 bits per heavy atom. The van der Waals surface area contributed by atoms with Crippen LogP contribution in [0.3, 0.4) is 0 Å². The lowest BCUT2D eigenvalue weighted by Gasteiger charge is -2.39. The highest BCUT2D eigenvalue weighted by molar-refractivity contribution is 5.90. The quantitative estimate of drug-likeness (QED) is 0.831. The van der Waals surface area contributed by atoms with E-state index in [0.717, 1.165) is 5.56 Å². The number of nitrogens with zero attached hydrogens (tertiary/aromatic N) is 3. The van der Waals surface area contributed by atoms with Crippen molar-refractivity contribution in [3.8, 4) is 5.75 Å². The van der Waals surface area contributed by atoms with E-state index in [1.807, 2.05) is 30.0 Å². The molecule has 26 heavy (non-hydrogen) atoms. The molecule has 0 unspecified atom stereocenters. The van der Waals surface area contributed by atoms with Crippen LogP contribution in [0, 0.1) is 6.92 Å². The smallest absolute Gasteiger partial charge is 0.348 e. The molecule has 8 heteroatoms. The number of hydrogen-bond donors (Lipinski definition) is 2. The van der Waals surface area contributed by atoms with E-state index in [0.29, 0.717) is 24.7 Å². The maximum absolute atomic E-state index is 11.9. The van der Waals surface area contributed by atoms with Crippen LogP contribution in [-0.2, 0) is 4.79 Å². The molecule has 2 heterocycles. The summed E-state index contributed by atoms with van der Waals surface area (Å²) in [5.74, 6) is -0.609. The highest BCUT2D eigenvalue weighted by atomic mass is 16.5. The van der Waals surface area contributed by atoms with Gasteiger partial charge < -0.3 is 20.5 Å². The van der Waals surface area contributed by atoms with Crippen molar-refractivity contribution in [1.82, 2.24) is 9.97 Å². The van der Waals surface area contributed by atoms with Crippen LogP contribution < -0.4 is 15.4 Å². The lowest BCUT2D eigenvalue weighted by atomic mass is 9.91. The van der Waals surface area contributed by atoms with Crippen LogP contribution in [0.25, 0.3) is 0 Å². The van der Waals surface area contributed by atoms with E-state index in [4.69, 9.17) is 10.5 Å². The summed E-state index contributed by atoms with van der Waals surface area (Å²) < 4.78 is 5.90. The number of anilines is 1. The number of carbonyl (C=O) groups excluding carboxylic acids is 1. The van der Waals surface area contributed by atoms with Gasteiger partial charge in [0.25, 0.3) is 5.91 Å². The molecule has 1 aliphatic rings. The first-order chi connectivity index (χ1) is 12.4. The van der Waals surface area contributed by atoms with Gasteiger partial charge in [0.15, 0.2) is 0 Å². The summed E-state index contributed by atoms with van der Waals surface area (Å²) in [5, 5.41) is 9.76. The highest BCUT2D eigenvalue weighted by Crippen LogP contribution is 2.31. The fourth-order valence-corrected chi connectivity index (χ4v) is 2.99. The molecule has 1 fully saturated rings. The number of carbonyl (C=O) groups is 2. The average Bonchev–Trinajstić information content (AvgIpc) is 2.62. The van der Waals surface area contributed by atoms with Crippen LogP contribution in [0.15, 0.2) is 36.7 Å². The number of piperidine rings is 1. The van der Waals surface area contributed by atoms with Crippen LogP contribution >= 0.6 is 0 Å². The number of amides is 1. The van der Waals surface area contributed by atoms with Crippen molar-refractivity contribution in [2.45, 2.75) is 25.4 Å². The first-order valence-electron chi connectivity index (χ1n) is 8.25.